The molecule has 0 aromatic heterocycles. The Bertz CT molecular complexity index is 748. The number of rotatable bonds is 3. The van der Waals surface area contributed by atoms with Crippen LogP contribution in [-0.2, 0) is 10.2 Å². The Morgan fingerprint density at radius 3 is 2.63 bits per heavy atom. The summed E-state index contributed by atoms with van der Waals surface area (Å²) in [4.78, 5) is 0. The molecule has 2 saturated heterocycles. The lowest BCUT2D eigenvalue weighted by atomic mass is 9.76. The Kier molecular flexibility index (Phi) is 6.79. The molecule has 2 aliphatic heterocycles. The summed E-state index contributed by atoms with van der Waals surface area (Å²) in [5.74, 6) is 0.869. The van der Waals surface area contributed by atoms with Gasteiger partial charge in [0.15, 0.2) is 0 Å². The molecule has 3 aliphatic rings. The number of piperazine rings is 1. The van der Waals surface area contributed by atoms with Crippen molar-refractivity contribution in [1.82, 2.24) is 13.9 Å². The van der Waals surface area contributed by atoms with Crippen molar-refractivity contribution in [2.75, 3.05) is 32.7 Å². The van der Waals surface area contributed by atoms with Gasteiger partial charge >= 0.3 is 0 Å². The van der Waals surface area contributed by atoms with Gasteiger partial charge in [0.2, 0.25) is 0 Å². The fourth-order valence-corrected chi connectivity index (χ4v) is 6.74. The summed E-state index contributed by atoms with van der Waals surface area (Å²) < 4.78 is 43.8. The summed E-state index contributed by atoms with van der Waals surface area (Å²) >= 11 is 0. The summed E-state index contributed by atoms with van der Waals surface area (Å²) in [7, 11) is -3.54. The van der Waals surface area contributed by atoms with E-state index in [1.165, 1.54) is 31.4 Å². The minimum absolute atomic E-state index is 0. The topological polar surface area (TPSA) is 52.7 Å². The number of nitrogens with zero attached hydrogens (tertiary/aromatic N) is 2. The SMILES string of the molecule is Cl.O=S(=O)(N1CCC2CCCCC2C1)N1CCNCC1c1cccc(F)c1. The molecule has 1 saturated carbocycles. The zero-order valence-corrected chi connectivity index (χ0v) is 17.2. The van der Waals surface area contributed by atoms with E-state index in [0.717, 1.165) is 12.8 Å². The Morgan fingerprint density at radius 2 is 1.85 bits per heavy atom. The molecular weight excluding hydrogens is 389 g/mol. The number of halogens is 2. The van der Waals surface area contributed by atoms with Crippen LogP contribution in [0.2, 0.25) is 0 Å². The van der Waals surface area contributed by atoms with E-state index in [2.05, 4.69) is 5.32 Å². The van der Waals surface area contributed by atoms with Crippen LogP contribution in [0.4, 0.5) is 4.39 Å². The monoisotopic (exact) mass is 417 g/mol. The second kappa shape index (κ2) is 8.74. The van der Waals surface area contributed by atoms with Crippen LogP contribution >= 0.6 is 12.4 Å². The standard InChI is InChI=1S/C19H28FN3O2S.ClH/c20-18-7-3-6-16(12-18)19-13-21-9-11-23(19)26(24,25)22-10-8-15-4-1-2-5-17(15)14-22;/h3,6-7,12,15,17,19,21H,1-2,4-5,8-11,13-14H2;1H. The summed E-state index contributed by atoms with van der Waals surface area (Å²) in [6.07, 6.45) is 5.87. The van der Waals surface area contributed by atoms with E-state index in [1.807, 2.05) is 6.07 Å². The molecule has 1 aromatic rings. The van der Waals surface area contributed by atoms with Crippen LogP contribution in [0.15, 0.2) is 24.3 Å². The van der Waals surface area contributed by atoms with Gasteiger partial charge in [0, 0.05) is 32.7 Å². The van der Waals surface area contributed by atoms with Gasteiger partial charge in [-0.05, 0) is 42.4 Å². The van der Waals surface area contributed by atoms with Crippen LogP contribution < -0.4 is 5.32 Å². The smallest absolute Gasteiger partial charge is 0.282 e. The highest BCUT2D eigenvalue weighted by atomic mass is 35.5. The lowest BCUT2D eigenvalue weighted by Crippen LogP contribution is -2.56. The summed E-state index contributed by atoms with van der Waals surface area (Å²) in [6, 6.07) is 5.96. The van der Waals surface area contributed by atoms with Gasteiger partial charge < -0.3 is 5.32 Å². The third-order valence-electron chi connectivity index (χ3n) is 6.30. The Hall–Kier alpha value is -0.730. The van der Waals surface area contributed by atoms with E-state index in [1.54, 1.807) is 14.7 Å². The zero-order valence-electron chi connectivity index (χ0n) is 15.5. The van der Waals surface area contributed by atoms with E-state index in [-0.39, 0.29) is 24.3 Å². The molecule has 0 radical (unpaired) electrons. The predicted octanol–water partition coefficient (Wildman–Crippen LogP) is 2.95. The molecule has 3 fully saturated rings. The van der Waals surface area contributed by atoms with Gasteiger partial charge in [-0.3, -0.25) is 0 Å². The zero-order chi connectivity index (χ0) is 18.1. The van der Waals surface area contributed by atoms with Gasteiger partial charge in [0.05, 0.1) is 6.04 Å². The lowest BCUT2D eigenvalue weighted by molar-refractivity contribution is 0.127. The molecule has 1 aromatic carbocycles. The van der Waals surface area contributed by atoms with Gasteiger partial charge in [0.1, 0.15) is 5.82 Å². The molecule has 8 heteroatoms. The van der Waals surface area contributed by atoms with E-state index < -0.39 is 10.2 Å². The fourth-order valence-electron chi connectivity index (χ4n) is 4.89. The number of benzene rings is 1. The van der Waals surface area contributed by atoms with E-state index in [0.29, 0.717) is 50.1 Å². The minimum Gasteiger partial charge on any atom is -0.313 e. The number of hydrogen-bond acceptors (Lipinski definition) is 3. The molecule has 5 nitrogen and oxygen atoms in total. The molecule has 152 valence electrons. The first-order valence-corrected chi connectivity index (χ1v) is 11.2. The number of hydrogen-bond donors (Lipinski definition) is 1. The van der Waals surface area contributed by atoms with Crippen molar-refractivity contribution in [1.29, 1.82) is 0 Å². The van der Waals surface area contributed by atoms with Crippen LogP contribution in [0.1, 0.15) is 43.7 Å². The first kappa shape index (κ1) is 21.0. The van der Waals surface area contributed by atoms with Crippen molar-refractivity contribution >= 4 is 22.6 Å². The summed E-state index contributed by atoms with van der Waals surface area (Å²) in [5, 5.41) is 3.26. The van der Waals surface area contributed by atoms with Crippen LogP contribution in [0.5, 0.6) is 0 Å². The maximum absolute atomic E-state index is 13.7. The second-order valence-electron chi connectivity index (χ2n) is 7.84. The molecule has 0 amide bonds. The van der Waals surface area contributed by atoms with Crippen molar-refractivity contribution in [2.45, 2.75) is 38.1 Å². The van der Waals surface area contributed by atoms with Crippen molar-refractivity contribution < 1.29 is 12.8 Å². The van der Waals surface area contributed by atoms with Gasteiger partial charge in [0.25, 0.3) is 10.2 Å². The van der Waals surface area contributed by atoms with Gasteiger partial charge in [-0.25, -0.2) is 4.39 Å². The molecule has 3 unspecified atom stereocenters. The predicted molar refractivity (Wildman–Crippen MR) is 107 cm³/mol. The van der Waals surface area contributed by atoms with Crippen molar-refractivity contribution in [3.8, 4) is 0 Å². The lowest BCUT2D eigenvalue weighted by Gasteiger charge is -2.44. The third kappa shape index (κ3) is 4.32. The van der Waals surface area contributed by atoms with Gasteiger partial charge in [-0.2, -0.15) is 17.0 Å². The number of piperidine rings is 1. The first-order chi connectivity index (χ1) is 12.6. The maximum Gasteiger partial charge on any atom is 0.282 e. The van der Waals surface area contributed by atoms with Crippen LogP contribution in [-0.4, -0.2) is 49.8 Å². The summed E-state index contributed by atoms with van der Waals surface area (Å²) in [6.45, 7) is 2.83. The molecule has 1 aliphatic carbocycles. The normalized spacial score (nSPS) is 30.3. The van der Waals surface area contributed by atoms with Gasteiger partial charge in [-0.1, -0.05) is 31.4 Å². The number of fused-ring (bicyclic) bond motifs is 1. The van der Waals surface area contributed by atoms with E-state index in [4.69, 9.17) is 0 Å². The van der Waals surface area contributed by atoms with Crippen LogP contribution in [0.3, 0.4) is 0 Å². The highest BCUT2D eigenvalue weighted by Crippen LogP contribution is 2.38. The van der Waals surface area contributed by atoms with Crippen molar-refractivity contribution in [2.24, 2.45) is 11.8 Å². The molecule has 0 bridgehead atoms. The molecular formula is C19H29ClFN3O2S. The Labute approximate surface area is 167 Å². The van der Waals surface area contributed by atoms with E-state index in [9.17, 15) is 12.8 Å². The van der Waals surface area contributed by atoms with Crippen molar-refractivity contribution in [3.05, 3.63) is 35.6 Å². The third-order valence-corrected chi connectivity index (χ3v) is 8.32. The molecule has 3 atom stereocenters. The average molecular weight is 418 g/mol. The summed E-state index contributed by atoms with van der Waals surface area (Å²) in [5.41, 5.74) is 0.716. The van der Waals surface area contributed by atoms with Crippen molar-refractivity contribution in [3.63, 3.8) is 0 Å². The molecule has 0 spiro atoms. The first-order valence-electron chi connectivity index (χ1n) is 9.79. The quantitative estimate of drug-likeness (QED) is 0.822. The molecule has 1 N–H and O–H groups in total. The molecule has 27 heavy (non-hydrogen) atoms. The fraction of sp³-hybridized carbons (Fsp3) is 0.684. The highest BCUT2D eigenvalue weighted by Gasteiger charge is 2.41. The van der Waals surface area contributed by atoms with Crippen LogP contribution in [0.25, 0.3) is 0 Å². The van der Waals surface area contributed by atoms with E-state index >= 15 is 0 Å². The Morgan fingerprint density at radius 1 is 1.07 bits per heavy atom. The second-order valence-corrected chi connectivity index (χ2v) is 9.73. The largest absolute Gasteiger partial charge is 0.313 e. The van der Waals surface area contributed by atoms with Gasteiger partial charge in [-0.15, -0.1) is 12.4 Å². The molecule has 2 heterocycles. The van der Waals surface area contributed by atoms with Crippen LogP contribution in [0, 0.1) is 17.7 Å². The average Bonchev–Trinajstić information content (AvgIpc) is 2.67. The maximum atomic E-state index is 13.7. The minimum atomic E-state index is -3.54. The Balaban J connectivity index is 0.00000210. The number of nitrogens with one attached hydrogen (secondary N) is 1. The highest BCUT2D eigenvalue weighted by molar-refractivity contribution is 7.86. The molecule has 4 rings (SSSR count).